The van der Waals surface area contributed by atoms with Crippen molar-refractivity contribution in [3.05, 3.63) is 12.3 Å². The number of anilines is 1. The van der Waals surface area contributed by atoms with Crippen LogP contribution in [0.1, 0.15) is 13.8 Å². The van der Waals surface area contributed by atoms with Crippen LogP contribution in [-0.2, 0) is 0 Å². The van der Waals surface area contributed by atoms with Gasteiger partial charge in [0.15, 0.2) is 0 Å². The zero-order valence-electron chi connectivity index (χ0n) is 10.2. The number of nitrogens with zero attached hydrogens (tertiary/aromatic N) is 3. The summed E-state index contributed by atoms with van der Waals surface area (Å²) in [5.74, 6) is 1.24. The second-order valence-corrected chi connectivity index (χ2v) is 3.47. The number of hydrogen-bond acceptors (Lipinski definition) is 5. The van der Waals surface area contributed by atoms with Gasteiger partial charge in [-0.25, -0.2) is 4.98 Å². The first-order chi connectivity index (χ1) is 7.76. The van der Waals surface area contributed by atoms with Crippen molar-refractivity contribution in [2.75, 3.05) is 38.6 Å². The Balaban J connectivity index is 2.38. The van der Waals surface area contributed by atoms with Gasteiger partial charge in [-0.15, -0.1) is 0 Å². The molecule has 1 aromatic heterocycles. The lowest BCUT2D eigenvalue weighted by atomic mass is 10.5. The van der Waals surface area contributed by atoms with Crippen molar-refractivity contribution in [3.8, 4) is 5.88 Å². The Morgan fingerprint density at radius 2 is 2.25 bits per heavy atom. The topological polar surface area (TPSA) is 50.3 Å². The van der Waals surface area contributed by atoms with Crippen molar-refractivity contribution < 1.29 is 4.74 Å². The fourth-order valence-corrected chi connectivity index (χ4v) is 1.17. The summed E-state index contributed by atoms with van der Waals surface area (Å²) in [7, 11) is 2.08. The number of rotatable bonds is 7. The third-order valence-corrected chi connectivity index (χ3v) is 2.24. The summed E-state index contributed by atoms with van der Waals surface area (Å²) in [6, 6.07) is 1.76. The normalized spacial score (nSPS) is 10.5. The molecule has 1 rings (SSSR count). The fourth-order valence-electron chi connectivity index (χ4n) is 1.17. The van der Waals surface area contributed by atoms with Crippen LogP contribution in [0, 0.1) is 0 Å². The van der Waals surface area contributed by atoms with Gasteiger partial charge in [0.1, 0.15) is 0 Å². The maximum atomic E-state index is 5.29. The molecule has 0 aliphatic carbocycles. The molecule has 1 aromatic rings. The molecule has 5 nitrogen and oxygen atoms in total. The minimum atomic E-state index is 0.615. The summed E-state index contributed by atoms with van der Waals surface area (Å²) in [6.07, 6.45) is 1.70. The van der Waals surface area contributed by atoms with Gasteiger partial charge >= 0.3 is 0 Å². The van der Waals surface area contributed by atoms with Crippen LogP contribution in [0.3, 0.4) is 0 Å². The molecule has 1 N–H and O–H groups in total. The van der Waals surface area contributed by atoms with E-state index in [2.05, 4.69) is 34.2 Å². The van der Waals surface area contributed by atoms with Gasteiger partial charge in [-0.3, -0.25) is 0 Å². The molecule has 0 spiro atoms. The first-order valence-corrected chi connectivity index (χ1v) is 5.64. The molecule has 0 radical (unpaired) electrons. The van der Waals surface area contributed by atoms with E-state index < -0.39 is 0 Å². The highest BCUT2D eigenvalue weighted by atomic mass is 16.5. The predicted octanol–water partition coefficient (Wildman–Crippen LogP) is 1.24. The number of hydrogen-bond donors (Lipinski definition) is 1. The molecule has 90 valence electrons. The van der Waals surface area contributed by atoms with Crippen LogP contribution in [-0.4, -0.2) is 48.2 Å². The second kappa shape index (κ2) is 7.00. The van der Waals surface area contributed by atoms with Gasteiger partial charge in [-0.1, -0.05) is 6.92 Å². The monoisotopic (exact) mass is 224 g/mol. The van der Waals surface area contributed by atoms with E-state index in [1.54, 1.807) is 12.3 Å². The van der Waals surface area contributed by atoms with Crippen LogP contribution in [0.25, 0.3) is 0 Å². The van der Waals surface area contributed by atoms with Crippen LogP contribution in [0.4, 0.5) is 5.95 Å². The predicted molar refractivity (Wildman–Crippen MR) is 64.9 cm³/mol. The van der Waals surface area contributed by atoms with Crippen LogP contribution in [0.15, 0.2) is 12.3 Å². The van der Waals surface area contributed by atoms with Gasteiger partial charge in [0.25, 0.3) is 0 Å². The van der Waals surface area contributed by atoms with Crippen molar-refractivity contribution in [1.82, 2.24) is 14.9 Å². The lowest BCUT2D eigenvalue weighted by molar-refractivity contribution is 0.326. The van der Waals surface area contributed by atoms with Crippen LogP contribution in [0.5, 0.6) is 5.88 Å². The molecule has 0 unspecified atom stereocenters. The zero-order valence-corrected chi connectivity index (χ0v) is 10.2. The summed E-state index contributed by atoms with van der Waals surface area (Å²) in [5, 5.41) is 3.16. The zero-order chi connectivity index (χ0) is 11.8. The van der Waals surface area contributed by atoms with E-state index in [4.69, 9.17) is 4.74 Å². The van der Waals surface area contributed by atoms with Crippen molar-refractivity contribution >= 4 is 5.95 Å². The molecule has 1 heterocycles. The SMILES string of the molecule is CCOc1ccnc(NCCN(C)CC)n1. The molecular weight excluding hydrogens is 204 g/mol. The minimum absolute atomic E-state index is 0.615. The van der Waals surface area contributed by atoms with Crippen LogP contribution >= 0.6 is 0 Å². The van der Waals surface area contributed by atoms with Crippen molar-refractivity contribution in [3.63, 3.8) is 0 Å². The Bertz CT molecular complexity index is 306. The lowest BCUT2D eigenvalue weighted by Gasteiger charge is -2.13. The standard InChI is InChI=1S/C11H20N4O/c1-4-15(3)9-8-13-11-12-7-6-10(14-11)16-5-2/h6-7H,4-5,8-9H2,1-3H3,(H,12,13,14). The van der Waals surface area contributed by atoms with Gasteiger partial charge in [0, 0.05) is 25.4 Å². The van der Waals surface area contributed by atoms with E-state index in [9.17, 15) is 0 Å². The summed E-state index contributed by atoms with van der Waals surface area (Å²) in [4.78, 5) is 10.6. The summed E-state index contributed by atoms with van der Waals surface area (Å²) in [5.41, 5.74) is 0. The van der Waals surface area contributed by atoms with Crippen LogP contribution < -0.4 is 10.1 Å². The molecular formula is C11H20N4O. The number of likely N-dealkylation sites (N-methyl/N-ethyl adjacent to an activating group) is 1. The van der Waals surface area contributed by atoms with Crippen LogP contribution in [0.2, 0.25) is 0 Å². The van der Waals surface area contributed by atoms with E-state index in [1.807, 2.05) is 6.92 Å². The first-order valence-electron chi connectivity index (χ1n) is 5.64. The van der Waals surface area contributed by atoms with E-state index in [-0.39, 0.29) is 0 Å². The molecule has 0 aromatic carbocycles. The van der Waals surface area contributed by atoms with Crippen molar-refractivity contribution in [1.29, 1.82) is 0 Å². The highest BCUT2D eigenvalue weighted by molar-refractivity contribution is 5.27. The third-order valence-electron chi connectivity index (χ3n) is 2.24. The minimum Gasteiger partial charge on any atom is -0.478 e. The van der Waals surface area contributed by atoms with E-state index in [0.717, 1.165) is 19.6 Å². The molecule has 0 atom stereocenters. The van der Waals surface area contributed by atoms with E-state index >= 15 is 0 Å². The molecule has 0 bridgehead atoms. The lowest BCUT2D eigenvalue weighted by Crippen LogP contribution is -2.25. The maximum Gasteiger partial charge on any atom is 0.225 e. The summed E-state index contributed by atoms with van der Waals surface area (Å²) in [6.45, 7) is 7.53. The Morgan fingerprint density at radius 3 is 2.94 bits per heavy atom. The number of aromatic nitrogens is 2. The molecule has 0 aliphatic rings. The molecule has 0 amide bonds. The second-order valence-electron chi connectivity index (χ2n) is 3.47. The first kappa shape index (κ1) is 12.7. The number of nitrogens with one attached hydrogen (secondary N) is 1. The summed E-state index contributed by atoms with van der Waals surface area (Å²) < 4.78 is 5.29. The van der Waals surface area contributed by atoms with Gasteiger partial charge in [0.2, 0.25) is 11.8 Å². The van der Waals surface area contributed by atoms with Crippen molar-refractivity contribution in [2.45, 2.75) is 13.8 Å². The molecule has 5 heteroatoms. The molecule has 0 saturated heterocycles. The molecule has 16 heavy (non-hydrogen) atoms. The summed E-state index contributed by atoms with van der Waals surface area (Å²) >= 11 is 0. The van der Waals surface area contributed by atoms with Gasteiger partial charge in [-0.2, -0.15) is 4.98 Å². The quantitative estimate of drug-likeness (QED) is 0.755. The smallest absolute Gasteiger partial charge is 0.225 e. The molecule has 0 saturated carbocycles. The van der Waals surface area contributed by atoms with E-state index in [0.29, 0.717) is 18.4 Å². The number of ether oxygens (including phenoxy) is 1. The Hall–Kier alpha value is -1.36. The van der Waals surface area contributed by atoms with E-state index in [1.165, 1.54) is 0 Å². The largest absolute Gasteiger partial charge is 0.478 e. The fraction of sp³-hybridized carbons (Fsp3) is 0.636. The average molecular weight is 224 g/mol. The highest BCUT2D eigenvalue weighted by Crippen LogP contribution is 2.07. The third kappa shape index (κ3) is 4.44. The van der Waals surface area contributed by atoms with Gasteiger partial charge in [0.05, 0.1) is 6.61 Å². The van der Waals surface area contributed by atoms with Gasteiger partial charge in [-0.05, 0) is 20.5 Å². The Kier molecular flexibility index (Phi) is 5.56. The highest BCUT2D eigenvalue weighted by Gasteiger charge is 1.99. The molecule has 0 aliphatic heterocycles. The Morgan fingerprint density at radius 1 is 1.44 bits per heavy atom. The maximum absolute atomic E-state index is 5.29. The average Bonchev–Trinajstić information content (AvgIpc) is 2.30. The Labute approximate surface area is 96.8 Å². The van der Waals surface area contributed by atoms with Crippen molar-refractivity contribution in [2.24, 2.45) is 0 Å². The van der Waals surface area contributed by atoms with Gasteiger partial charge < -0.3 is 15.0 Å². The molecule has 0 fully saturated rings.